The molecule has 1 N–H and O–H groups in total. The molecule has 0 saturated heterocycles. The number of carbonyl (C=O) groups is 2. The number of pyridine rings is 2. The molecule has 0 fully saturated rings. The fourth-order valence-corrected chi connectivity index (χ4v) is 4.54. The van der Waals surface area contributed by atoms with E-state index in [2.05, 4.69) is 0 Å². The average molecular weight is 434 g/mol. The van der Waals surface area contributed by atoms with Crippen molar-refractivity contribution < 1.29 is 24.2 Å². The predicted molar refractivity (Wildman–Crippen MR) is 115 cm³/mol. The third-order valence-electron chi connectivity index (χ3n) is 6.42. The predicted octanol–water partition coefficient (Wildman–Crippen LogP) is 2.19. The van der Waals surface area contributed by atoms with Gasteiger partial charge >= 0.3 is 11.9 Å². The number of cyclic esters (lactones) is 1. The summed E-state index contributed by atoms with van der Waals surface area (Å²) >= 11 is 0. The minimum Gasteiger partial charge on any atom is -0.469 e. The van der Waals surface area contributed by atoms with E-state index in [4.69, 9.17) is 14.5 Å². The minimum atomic E-state index is -1.84. The first kappa shape index (κ1) is 20.4. The standard InChI is InChI=1S/C24H22N2O6/c1-3-24(30)17-10-19-21-15(11-26(19)22(28)16(17)12-32-23(24)29)9-14-8-13(4-6-18(14)25-21)5-7-20(27)31-2/h4,6,8-10,30H,3,5,7,11-12H2,1-2H3/t24-/m0/s1. The fourth-order valence-electron chi connectivity index (χ4n) is 4.54. The van der Waals surface area contributed by atoms with E-state index in [0.717, 1.165) is 22.0 Å². The summed E-state index contributed by atoms with van der Waals surface area (Å²) in [5, 5.41) is 11.9. The van der Waals surface area contributed by atoms with Crippen molar-refractivity contribution in [1.82, 2.24) is 9.55 Å². The third-order valence-corrected chi connectivity index (χ3v) is 6.42. The maximum Gasteiger partial charge on any atom is 0.343 e. The molecule has 2 aliphatic rings. The summed E-state index contributed by atoms with van der Waals surface area (Å²) in [7, 11) is 1.37. The van der Waals surface area contributed by atoms with Gasteiger partial charge in [-0.15, -0.1) is 0 Å². The normalized spacial score (nSPS) is 18.7. The molecule has 8 nitrogen and oxygen atoms in total. The van der Waals surface area contributed by atoms with Gasteiger partial charge in [0.15, 0.2) is 5.60 Å². The summed E-state index contributed by atoms with van der Waals surface area (Å²) in [6, 6.07) is 9.51. The Hall–Kier alpha value is -3.52. The van der Waals surface area contributed by atoms with Crippen molar-refractivity contribution in [3.05, 3.63) is 62.9 Å². The summed E-state index contributed by atoms with van der Waals surface area (Å²) in [5.74, 6) is -0.994. The SMILES string of the molecule is CC[C@@]1(O)C(=O)OCc2c1cc1n(c2=O)Cc2cc3cc(CCC(=O)OC)ccc3nc2-1. The number of aryl methyl sites for hydroxylation is 1. The van der Waals surface area contributed by atoms with Gasteiger partial charge in [0.2, 0.25) is 0 Å². The maximum atomic E-state index is 13.2. The molecule has 0 saturated carbocycles. The van der Waals surface area contributed by atoms with Gasteiger partial charge in [-0.2, -0.15) is 0 Å². The van der Waals surface area contributed by atoms with Crippen molar-refractivity contribution in [1.29, 1.82) is 0 Å². The smallest absolute Gasteiger partial charge is 0.343 e. The lowest BCUT2D eigenvalue weighted by molar-refractivity contribution is -0.172. The van der Waals surface area contributed by atoms with Gasteiger partial charge in [-0.05, 0) is 42.7 Å². The van der Waals surface area contributed by atoms with E-state index in [1.54, 1.807) is 17.6 Å². The second kappa shape index (κ2) is 7.27. The van der Waals surface area contributed by atoms with Crippen molar-refractivity contribution in [2.24, 2.45) is 0 Å². The van der Waals surface area contributed by atoms with Crippen LogP contribution < -0.4 is 5.56 Å². The van der Waals surface area contributed by atoms with Gasteiger partial charge < -0.3 is 19.1 Å². The molecule has 2 aliphatic heterocycles. The third kappa shape index (κ3) is 2.94. The summed E-state index contributed by atoms with van der Waals surface area (Å²) in [4.78, 5) is 41.7. The number of hydrogen-bond acceptors (Lipinski definition) is 7. The molecule has 0 bridgehead atoms. The van der Waals surface area contributed by atoms with E-state index in [1.165, 1.54) is 7.11 Å². The molecule has 1 atom stereocenters. The molecule has 2 aromatic heterocycles. The zero-order valence-corrected chi connectivity index (χ0v) is 17.8. The Bertz CT molecular complexity index is 1360. The van der Waals surface area contributed by atoms with Crippen LogP contribution in [0.2, 0.25) is 0 Å². The Labute approximate surface area is 183 Å². The molecule has 5 rings (SSSR count). The molecule has 0 amide bonds. The first-order valence-electron chi connectivity index (χ1n) is 10.5. The van der Waals surface area contributed by atoms with Gasteiger partial charge in [0.05, 0.1) is 36.1 Å². The number of fused-ring (bicyclic) bond motifs is 5. The van der Waals surface area contributed by atoms with Crippen LogP contribution in [-0.2, 0) is 44.2 Å². The number of ether oxygens (including phenoxy) is 2. The summed E-state index contributed by atoms with van der Waals surface area (Å²) in [6.45, 7) is 1.88. The minimum absolute atomic E-state index is 0.105. The fraction of sp³-hybridized carbons (Fsp3) is 0.333. The average Bonchev–Trinajstić information content (AvgIpc) is 3.16. The van der Waals surface area contributed by atoms with E-state index in [0.29, 0.717) is 41.9 Å². The Kier molecular flexibility index (Phi) is 4.63. The van der Waals surface area contributed by atoms with E-state index in [9.17, 15) is 19.5 Å². The molecular weight excluding hydrogens is 412 g/mol. The highest BCUT2D eigenvalue weighted by Crippen LogP contribution is 2.38. The number of esters is 2. The van der Waals surface area contributed by atoms with Crippen LogP contribution in [0.15, 0.2) is 35.1 Å². The zero-order chi connectivity index (χ0) is 22.6. The number of benzene rings is 1. The number of rotatable bonds is 4. The van der Waals surface area contributed by atoms with Crippen molar-refractivity contribution in [3.8, 4) is 11.4 Å². The highest BCUT2D eigenvalue weighted by atomic mass is 16.6. The number of hydrogen-bond donors (Lipinski definition) is 1. The Balaban J connectivity index is 1.60. The molecule has 32 heavy (non-hydrogen) atoms. The molecule has 0 radical (unpaired) electrons. The maximum absolute atomic E-state index is 13.2. The lowest BCUT2D eigenvalue weighted by Crippen LogP contribution is -2.44. The van der Waals surface area contributed by atoms with Gasteiger partial charge in [0, 0.05) is 22.9 Å². The summed E-state index contributed by atoms with van der Waals surface area (Å²) in [6.07, 6.45) is 0.970. The lowest BCUT2D eigenvalue weighted by atomic mass is 9.86. The van der Waals surface area contributed by atoms with Crippen LogP contribution in [0.1, 0.15) is 42.0 Å². The van der Waals surface area contributed by atoms with Gasteiger partial charge in [-0.1, -0.05) is 13.0 Å². The Morgan fingerprint density at radius 3 is 2.84 bits per heavy atom. The quantitative estimate of drug-likeness (QED) is 0.491. The van der Waals surface area contributed by atoms with Crippen molar-refractivity contribution >= 4 is 22.8 Å². The van der Waals surface area contributed by atoms with Crippen molar-refractivity contribution in [3.63, 3.8) is 0 Å². The first-order valence-corrected chi connectivity index (χ1v) is 10.5. The van der Waals surface area contributed by atoms with Crippen LogP contribution in [-0.4, -0.2) is 33.7 Å². The second-order valence-electron chi connectivity index (χ2n) is 8.20. The van der Waals surface area contributed by atoms with Crippen LogP contribution in [0, 0.1) is 0 Å². The molecule has 164 valence electrons. The topological polar surface area (TPSA) is 108 Å². The van der Waals surface area contributed by atoms with Crippen LogP contribution in [0.4, 0.5) is 0 Å². The number of methoxy groups -OCH3 is 1. The monoisotopic (exact) mass is 434 g/mol. The largest absolute Gasteiger partial charge is 0.469 e. The molecule has 0 unspecified atom stereocenters. The molecule has 8 heteroatoms. The highest BCUT2D eigenvalue weighted by molar-refractivity contribution is 5.86. The van der Waals surface area contributed by atoms with E-state index in [1.807, 2.05) is 24.3 Å². The molecule has 0 aliphatic carbocycles. The zero-order valence-electron chi connectivity index (χ0n) is 17.8. The van der Waals surface area contributed by atoms with Gasteiger partial charge in [0.1, 0.15) is 6.61 Å². The molecule has 1 aromatic carbocycles. The molecular formula is C24H22N2O6. The number of aliphatic hydroxyl groups is 1. The van der Waals surface area contributed by atoms with Crippen molar-refractivity contribution in [2.45, 2.75) is 44.9 Å². The highest BCUT2D eigenvalue weighted by Gasteiger charge is 2.45. The summed E-state index contributed by atoms with van der Waals surface area (Å²) < 4.78 is 11.4. The van der Waals surface area contributed by atoms with E-state index in [-0.39, 0.29) is 24.6 Å². The van der Waals surface area contributed by atoms with Crippen LogP contribution in [0.3, 0.4) is 0 Å². The van der Waals surface area contributed by atoms with Crippen LogP contribution >= 0.6 is 0 Å². The first-order chi connectivity index (χ1) is 15.4. The number of carbonyl (C=O) groups excluding carboxylic acids is 2. The lowest BCUT2D eigenvalue weighted by Gasteiger charge is -2.31. The molecule has 0 spiro atoms. The second-order valence-corrected chi connectivity index (χ2v) is 8.20. The Morgan fingerprint density at radius 1 is 1.28 bits per heavy atom. The van der Waals surface area contributed by atoms with E-state index >= 15 is 0 Å². The van der Waals surface area contributed by atoms with Crippen molar-refractivity contribution in [2.75, 3.05) is 7.11 Å². The Morgan fingerprint density at radius 2 is 2.09 bits per heavy atom. The molecule has 4 heterocycles. The van der Waals surface area contributed by atoms with Gasteiger partial charge in [-0.25, -0.2) is 9.78 Å². The number of nitrogens with zero attached hydrogens (tertiary/aromatic N) is 2. The van der Waals surface area contributed by atoms with E-state index < -0.39 is 11.6 Å². The molecule has 3 aromatic rings. The van der Waals surface area contributed by atoms with Gasteiger partial charge in [-0.3, -0.25) is 9.59 Å². The number of aromatic nitrogens is 2. The van der Waals surface area contributed by atoms with Gasteiger partial charge in [0.25, 0.3) is 5.56 Å². The van der Waals surface area contributed by atoms with Crippen LogP contribution in [0.5, 0.6) is 0 Å². The van der Waals surface area contributed by atoms with Crippen LogP contribution in [0.25, 0.3) is 22.3 Å². The summed E-state index contributed by atoms with van der Waals surface area (Å²) in [5.41, 5.74) is 2.38.